The van der Waals surface area contributed by atoms with Crippen LogP contribution in [-0.4, -0.2) is 45.9 Å². The molecule has 8 heteroatoms. The van der Waals surface area contributed by atoms with Crippen molar-refractivity contribution in [1.82, 2.24) is 29.2 Å². The zero-order valence-corrected chi connectivity index (χ0v) is 15.1. The standard InChI is InChI=1S/C19H21N7O/c1-19(27)7-4-13(5-8-19)22-18-21-12-16-14(6-10-25(16)24-18)15-2-3-17-20-9-11-26(17)23-15/h2-3,6,9-13,27H,4-5,7-8H2,1H3,(H,22,24). The number of aromatic nitrogens is 6. The zero-order chi connectivity index (χ0) is 18.4. The molecule has 138 valence electrons. The first kappa shape index (κ1) is 16.2. The molecule has 0 aromatic carbocycles. The maximum atomic E-state index is 10.1. The third kappa shape index (κ3) is 3.02. The second-order valence-corrected chi connectivity index (χ2v) is 7.51. The van der Waals surface area contributed by atoms with Gasteiger partial charge in [-0.1, -0.05) is 0 Å². The van der Waals surface area contributed by atoms with E-state index in [1.54, 1.807) is 10.7 Å². The summed E-state index contributed by atoms with van der Waals surface area (Å²) >= 11 is 0. The highest BCUT2D eigenvalue weighted by atomic mass is 16.3. The van der Waals surface area contributed by atoms with Crippen LogP contribution in [0.3, 0.4) is 0 Å². The van der Waals surface area contributed by atoms with Crippen molar-refractivity contribution in [1.29, 1.82) is 0 Å². The van der Waals surface area contributed by atoms with Crippen LogP contribution in [-0.2, 0) is 0 Å². The molecule has 0 aliphatic heterocycles. The third-order valence-corrected chi connectivity index (χ3v) is 5.34. The van der Waals surface area contributed by atoms with Crippen LogP contribution in [0.5, 0.6) is 0 Å². The number of aliphatic hydroxyl groups is 1. The van der Waals surface area contributed by atoms with E-state index < -0.39 is 5.60 Å². The van der Waals surface area contributed by atoms with Crippen molar-refractivity contribution >= 4 is 17.1 Å². The van der Waals surface area contributed by atoms with Gasteiger partial charge < -0.3 is 10.4 Å². The van der Waals surface area contributed by atoms with E-state index in [9.17, 15) is 5.11 Å². The molecular formula is C19H21N7O. The summed E-state index contributed by atoms with van der Waals surface area (Å²) < 4.78 is 3.58. The van der Waals surface area contributed by atoms with Crippen LogP contribution in [0.2, 0.25) is 0 Å². The molecule has 1 saturated carbocycles. The molecule has 0 atom stereocenters. The number of rotatable bonds is 3. The lowest BCUT2D eigenvalue weighted by Crippen LogP contribution is -2.36. The van der Waals surface area contributed by atoms with Crippen LogP contribution in [0.25, 0.3) is 22.4 Å². The van der Waals surface area contributed by atoms with E-state index in [1.807, 2.05) is 48.2 Å². The van der Waals surface area contributed by atoms with Crippen molar-refractivity contribution in [2.24, 2.45) is 0 Å². The van der Waals surface area contributed by atoms with E-state index in [0.29, 0.717) is 12.0 Å². The fraction of sp³-hybridized carbons (Fsp3) is 0.368. The molecule has 0 bridgehead atoms. The van der Waals surface area contributed by atoms with Crippen LogP contribution < -0.4 is 5.32 Å². The summed E-state index contributed by atoms with van der Waals surface area (Å²) in [6.45, 7) is 1.91. The van der Waals surface area contributed by atoms with Crippen molar-refractivity contribution in [2.75, 3.05) is 5.32 Å². The minimum Gasteiger partial charge on any atom is -0.390 e. The minimum atomic E-state index is -0.540. The predicted molar refractivity (Wildman–Crippen MR) is 101 cm³/mol. The average Bonchev–Trinajstić information content (AvgIpc) is 3.29. The average molecular weight is 363 g/mol. The summed E-state index contributed by atoms with van der Waals surface area (Å²) in [7, 11) is 0. The van der Waals surface area contributed by atoms with Crippen molar-refractivity contribution < 1.29 is 5.11 Å². The lowest BCUT2D eigenvalue weighted by Gasteiger charge is -2.33. The zero-order valence-electron chi connectivity index (χ0n) is 15.1. The van der Waals surface area contributed by atoms with Crippen molar-refractivity contribution in [3.05, 3.63) is 43.0 Å². The molecule has 27 heavy (non-hydrogen) atoms. The molecule has 2 N–H and O–H groups in total. The predicted octanol–water partition coefficient (Wildman–Crippen LogP) is 2.54. The van der Waals surface area contributed by atoms with Crippen LogP contribution in [0.1, 0.15) is 32.6 Å². The van der Waals surface area contributed by atoms with Gasteiger partial charge in [0, 0.05) is 30.2 Å². The molecular weight excluding hydrogens is 342 g/mol. The smallest absolute Gasteiger partial charge is 0.241 e. The van der Waals surface area contributed by atoms with Gasteiger partial charge in [0.1, 0.15) is 0 Å². The summed E-state index contributed by atoms with van der Waals surface area (Å²) in [6, 6.07) is 6.19. The Bertz CT molecular complexity index is 1100. The molecule has 1 aliphatic carbocycles. The molecule has 0 saturated heterocycles. The molecule has 0 unspecified atom stereocenters. The van der Waals surface area contributed by atoms with Gasteiger partial charge in [0.25, 0.3) is 0 Å². The summed E-state index contributed by atoms with van der Waals surface area (Å²) in [5.74, 6) is 0.606. The molecule has 4 aromatic rings. The largest absolute Gasteiger partial charge is 0.390 e. The Morgan fingerprint density at radius 3 is 2.78 bits per heavy atom. The van der Waals surface area contributed by atoms with Crippen molar-refractivity contribution in [3.8, 4) is 11.3 Å². The highest BCUT2D eigenvalue weighted by molar-refractivity contribution is 5.78. The molecule has 0 spiro atoms. The monoisotopic (exact) mass is 363 g/mol. The first-order valence-electron chi connectivity index (χ1n) is 9.22. The fourth-order valence-electron chi connectivity index (χ4n) is 3.71. The van der Waals surface area contributed by atoms with Crippen LogP contribution in [0, 0.1) is 0 Å². The number of nitrogens with one attached hydrogen (secondary N) is 1. The Kier molecular flexibility index (Phi) is 3.61. The Hall–Kier alpha value is -3.00. The number of hydrogen-bond donors (Lipinski definition) is 2. The second-order valence-electron chi connectivity index (χ2n) is 7.51. The number of nitrogens with zero attached hydrogens (tertiary/aromatic N) is 6. The highest BCUT2D eigenvalue weighted by Gasteiger charge is 2.28. The van der Waals surface area contributed by atoms with Crippen molar-refractivity contribution in [2.45, 2.75) is 44.2 Å². The van der Waals surface area contributed by atoms with Gasteiger partial charge in [-0.25, -0.2) is 19.0 Å². The molecule has 4 heterocycles. The van der Waals surface area contributed by atoms with Gasteiger partial charge in [0.15, 0.2) is 5.65 Å². The Morgan fingerprint density at radius 1 is 1.07 bits per heavy atom. The van der Waals surface area contributed by atoms with Crippen LogP contribution in [0.15, 0.2) is 43.0 Å². The van der Waals surface area contributed by atoms with Gasteiger partial charge >= 0.3 is 0 Å². The lowest BCUT2D eigenvalue weighted by molar-refractivity contribution is 0.0195. The van der Waals surface area contributed by atoms with Crippen LogP contribution in [0.4, 0.5) is 5.95 Å². The quantitative estimate of drug-likeness (QED) is 0.581. The summed E-state index contributed by atoms with van der Waals surface area (Å²) in [5, 5.41) is 22.7. The van der Waals surface area contributed by atoms with E-state index in [0.717, 1.165) is 48.1 Å². The maximum Gasteiger partial charge on any atom is 0.241 e. The van der Waals surface area contributed by atoms with Crippen LogP contribution >= 0.6 is 0 Å². The highest BCUT2D eigenvalue weighted by Crippen LogP contribution is 2.29. The van der Waals surface area contributed by atoms with Gasteiger partial charge in [0.2, 0.25) is 5.95 Å². The Labute approximate surface area is 155 Å². The molecule has 1 aliphatic rings. The maximum absolute atomic E-state index is 10.1. The van der Waals surface area contributed by atoms with Gasteiger partial charge in [-0.2, -0.15) is 5.10 Å². The molecule has 8 nitrogen and oxygen atoms in total. The van der Waals surface area contributed by atoms with Gasteiger partial charge in [-0.15, -0.1) is 5.10 Å². The van der Waals surface area contributed by atoms with Gasteiger partial charge in [0.05, 0.1) is 23.0 Å². The third-order valence-electron chi connectivity index (χ3n) is 5.34. The summed E-state index contributed by atoms with van der Waals surface area (Å²) in [5.41, 5.74) is 3.00. The second kappa shape index (κ2) is 6.02. The van der Waals surface area contributed by atoms with Crippen molar-refractivity contribution in [3.63, 3.8) is 0 Å². The first-order chi connectivity index (χ1) is 13.1. The van der Waals surface area contributed by atoms with Gasteiger partial charge in [-0.05, 0) is 50.8 Å². The normalized spacial score (nSPS) is 23.1. The lowest BCUT2D eigenvalue weighted by atomic mass is 9.84. The van der Waals surface area contributed by atoms with E-state index in [1.165, 1.54) is 0 Å². The number of imidazole rings is 1. The topological polar surface area (TPSA) is 92.6 Å². The molecule has 0 amide bonds. The molecule has 5 rings (SSSR count). The van der Waals surface area contributed by atoms with E-state index in [-0.39, 0.29) is 0 Å². The first-order valence-corrected chi connectivity index (χ1v) is 9.22. The Balaban J connectivity index is 1.41. The van der Waals surface area contributed by atoms with E-state index in [2.05, 4.69) is 25.5 Å². The number of fused-ring (bicyclic) bond motifs is 2. The van der Waals surface area contributed by atoms with Gasteiger partial charge in [-0.3, -0.25) is 0 Å². The SMILES string of the molecule is CC1(O)CCC(Nc2ncc3c(-c4ccc5nccn5n4)ccn3n2)CC1. The summed E-state index contributed by atoms with van der Waals surface area (Å²) in [4.78, 5) is 8.72. The molecule has 1 fully saturated rings. The van der Waals surface area contributed by atoms with E-state index in [4.69, 9.17) is 0 Å². The minimum absolute atomic E-state index is 0.294. The number of hydrogen-bond acceptors (Lipinski definition) is 6. The summed E-state index contributed by atoms with van der Waals surface area (Å²) in [6.07, 6.45) is 10.7. The number of anilines is 1. The van der Waals surface area contributed by atoms with E-state index >= 15 is 0 Å². The fourth-order valence-corrected chi connectivity index (χ4v) is 3.71. The molecule has 4 aromatic heterocycles. The molecule has 0 radical (unpaired) electrons. The Morgan fingerprint density at radius 2 is 1.93 bits per heavy atom.